The van der Waals surface area contributed by atoms with Crippen molar-refractivity contribution >= 4 is 21.7 Å². The van der Waals surface area contributed by atoms with Gasteiger partial charge in [0.2, 0.25) is 0 Å². The number of anilines is 1. The minimum atomic E-state index is -0.357. The lowest BCUT2D eigenvalue weighted by Crippen LogP contribution is -2.09. The molecule has 2 rings (SSSR count). The molecule has 1 heterocycles. The molecule has 0 aliphatic carbocycles. The summed E-state index contributed by atoms with van der Waals surface area (Å²) in [6.07, 6.45) is 0. The number of rotatable bonds is 4. The molecule has 3 N–H and O–H groups in total. The number of hydrogen-bond donors (Lipinski definition) is 2. The molecule has 0 atom stereocenters. The van der Waals surface area contributed by atoms with Gasteiger partial charge in [0.05, 0.1) is 5.69 Å². The van der Waals surface area contributed by atoms with Crippen LogP contribution in [-0.4, -0.2) is 4.98 Å². The van der Waals surface area contributed by atoms with Crippen LogP contribution >= 0.6 is 15.9 Å². The van der Waals surface area contributed by atoms with Crippen LogP contribution in [0.4, 0.5) is 10.2 Å². The number of halogens is 2. The van der Waals surface area contributed by atoms with E-state index < -0.39 is 0 Å². The summed E-state index contributed by atoms with van der Waals surface area (Å²) in [6, 6.07) is 9.72. The highest BCUT2D eigenvalue weighted by atomic mass is 79.9. The predicted molar refractivity (Wildman–Crippen MR) is 70.5 cm³/mol. The molecule has 0 saturated heterocycles. The standard InChI is InChI=1S/C12H11BrFN3O/c13-8-4-9(14)6-11(5-8)18-7-10-2-1-3-12(16-10)17-15/h1-6H,7,15H2,(H,16,17). The first-order valence-corrected chi connectivity index (χ1v) is 5.98. The Bertz CT molecular complexity index is 530. The molecule has 1 aromatic heterocycles. The third-order valence-corrected chi connectivity index (χ3v) is 2.64. The predicted octanol–water partition coefficient (Wildman–Crippen LogP) is 2.85. The van der Waals surface area contributed by atoms with Gasteiger partial charge in [0.1, 0.15) is 24.0 Å². The summed E-state index contributed by atoms with van der Waals surface area (Å²) in [4.78, 5) is 4.18. The summed E-state index contributed by atoms with van der Waals surface area (Å²) < 4.78 is 19.2. The van der Waals surface area contributed by atoms with Gasteiger partial charge in [-0.25, -0.2) is 15.2 Å². The largest absolute Gasteiger partial charge is 0.487 e. The monoisotopic (exact) mass is 311 g/mol. The van der Waals surface area contributed by atoms with Crippen LogP contribution < -0.4 is 16.0 Å². The van der Waals surface area contributed by atoms with Crippen LogP contribution in [0.2, 0.25) is 0 Å². The van der Waals surface area contributed by atoms with Gasteiger partial charge in [-0.2, -0.15) is 0 Å². The molecule has 0 unspecified atom stereocenters. The number of nitrogens with zero attached hydrogens (tertiary/aromatic N) is 1. The quantitative estimate of drug-likeness (QED) is 0.673. The van der Waals surface area contributed by atoms with Gasteiger partial charge in [-0.15, -0.1) is 0 Å². The van der Waals surface area contributed by atoms with E-state index in [0.717, 1.165) is 0 Å². The Labute approximate surface area is 112 Å². The summed E-state index contributed by atoms with van der Waals surface area (Å²) in [5.74, 6) is 5.89. The first-order valence-electron chi connectivity index (χ1n) is 5.19. The molecular weight excluding hydrogens is 301 g/mol. The number of pyridine rings is 1. The van der Waals surface area contributed by atoms with E-state index in [2.05, 4.69) is 26.3 Å². The molecule has 1 aromatic carbocycles. The number of aromatic nitrogens is 1. The van der Waals surface area contributed by atoms with E-state index in [1.807, 2.05) is 6.07 Å². The molecule has 0 saturated carbocycles. The number of nitrogen functional groups attached to an aromatic ring is 1. The van der Waals surface area contributed by atoms with Gasteiger partial charge in [-0.05, 0) is 24.3 Å². The minimum absolute atomic E-state index is 0.241. The van der Waals surface area contributed by atoms with E-state index in [-0.39, 0.29) is 12.4 Å². The van der Waals surface area contributed by atoms with Crippen molar-refractivity contribution in [3.8, 4) is 5.75 Å². The van der Waals surface area contributed by atoms with Crippen LogP contribution in [-0.2, 0) is 6.61 Å². The lowest BCUT2D eigenvalue weighted by Gasteiger charge is -2.07. The van der Waals surface area contributed by atoms with Gasteiger partial charge in [0.25, 0.3) is 0 Å². The van der Waals surface area contributed by atoms with Crippen LogP contribution in [0.15, 0.2) is 40.9 Å². The summed E-state index contributed by atoms with van der Waals surface area (Å²) in [6.45, 7) is 0.241. The van der Waals surface area contributed by atoms with E-state index in [0.29, 0.717) is 21.7 Å². The Hall–Kier alpha value is -1.66. The maximum atomic E-state index is 13.1. The maximum Gasteiger partial charge on any atom is 0.140 e. The molecule has 18 heavy (non-hydrogen) atoms. The normalized spacial score (nSPS) is 10.2. The number of hydrogen-bond acceptors (Lipinski definition) is 4. The van der Waals surface area contributed by atoms with E-state index >= 15 is 0 Å². The second kappa shape index (κ2) is 5.79. The van der Waals surface area contributed by atoms with Gasteiger partial charge in [-0.3, -0.25) is 0 Å². The second-order valence-electron chi connectivity index (χ2n) is 3.55. The van der Waals surface area contributed by atoms with Gasteiger partial charge in [0.15, 0.2) is 0 Å². The fraction of sp³-hybridized carbons (Fsp3) is 0.0833. The maximum absolute atomic E-state index is 13.1. The number of ether oxygens (including phenoxy) is 1. The molecule has 4 nitrogen and oxygen atoms in total. The molecule has 2 aromatic rings. The molecule has 0 radical (unpaired) electrons. The minimum Gasteiger partial charge on any atom is -0.487 e. The molecule has 0 spiro atoms. The Morgan fingerprint density at radius 1 is 1.33 bits per heavy atom. The third kappa shape index (κ3) is 3.41. The summed E-state index contributed by atoms with van der Waals surface area (Å²) in [5.41, 5.74) is 3.15. The zero-order valence-electron chi connectivity index (χ0n) is 9.36. The topological polar surface area (TPSA) is 60.2 Å². The number of nitrogens with one attached hydrogen (secondary N) is 1. The third-order valence-electron chi connectivity index (χ3n) is 2.18. The van der Waals surface area contributed by atoms with Gasteiger partial charge in [0, 0.05) is 10.5 Å². The Morgan fingerprint density at radius 2 is 2.17 bits per heavy atom. The smallest absolute Gasteiger partial charge is 0.140 e. The van der Waals surface area contributed by atoms with Crippen molar-refractivity contribution in [1.29, 1.82) is 0 Å². The number of nitrogens with two attached hydrogens (primary N) is 1. The fourth-order valence-corrected chi connectivity index (χ4v) is 1.85. The van der Waals surface area contributed by atoms with Crippen molar-refractivity contribution in [2.75, 3.05) is 5.43 Å². The van der Waals surface area contributed by atoms with Gasteiger partial charge >= 0.3 is 0 Å². The summed E-state index contributed by atoms with van der Waals surface area (Å²) in [7, 11) is 0. The number of benzene rings is 1. The molecule has 94 valence electrons. The molecule has 0 aliphatic rings. The molecule has 0 bridgehead atoms. The van der Waals surface area contributed by atoms with Crippen molar-refractivity contribution in [2.45, 2.75) is 6.61 Å². The second-order valence-corrected chi connectivity index (χ2v) is 4.47. The molecule has 6 heteroatoms. The summed E-state index contributed by atoms with van der Waals surface area (Å²) in [5, 5.41) is 0. The molecule has 0 aliphatic heterocycles. The Kier molecular flexibility index (Phi) is 4.11. The number of hydrazine groups is 1. The highest BCUT2D eigenvalue weighted by molar-refractivity contribution is 9.10. The fourth-order valence-electron chi connectivity index (χ4n) is 1.41. The lowest BCUT2D eigenvalue weighted by atomic mass is 10.3. The van der Waals surface area contributed by atoms with Crippen molar-refractivity contribution in [2.24, 2.45) is 5.84 Å². The van der Waals surface area contributed by atoms with Crippen LogP contribution in [0.5, 0.6) is 5.75 Å². The Balaban J connectivity index is 2.06. The van der Waals surface area contributed by atoms with E-state index in [4.69, 9.17) is 10.6 Å². The first kappa shape index (κ1) is 12.8. The van der Waals surface area contributed by atoms with Crippen LogP contribution in [0.25, 0.3) is 0 Å². The van der Waals surface area contributed by atoms with Crippen molar-refractivity contribution in [1.82, 2.24) is 4.98 Å². The Morgan fingerprint density at radius 3 is 2.89 bits per heavy atom. The van der Waals surface area contributed by atoms with Gasteiger partial charge in [-0.1, -0.05) is 22.0 Å². The van der Waals surface area contributed by atoms with E-state index in [1.54, 1.807) is 18.2 Å². The average Bonchev–Trinajstić information content (AvgIpc) is 2.35. The highest BCUT2D eigenvalue weighted by Crippen LogP contribution is 2.21. The van der Waals surface area contributed by atoms with Gasteiger partial charge < -0.3 is 10.2 Å². The zero-order valence-corrected chi connectivity index (χ0v) is 10.9. The average molecular weight is 312 g/mol. The molecule has 0 amide bonds. The van der Waals surface area contributed by atoms with E-state index in [9.17, 15) is 4.39 Å². The molecular formula is C12H11BrFN3O. The summed E-state index contributed by atoms with van der Waals surface area (Å²) >= 11 is 3.20. The van der Waals surface area contributed by atoms with E-state index in [1.165, 1.54) is 12.1 Å². The van der Waals surface area contributed by atoms with Crippen molar-refractivity contribution in [3.05, 3.63) is 52.4 Å². The SMILES string of the molecule is NNc1cccc(COc2cc(F)cc(Br)c2)n1. The highest BCUT2D eigenvalue weighted by Gasteiger charge is 2.02. The van der Waals surface area contributed by atoms with Crippen LogP contribution in [0.1, 0.15) is 5.69 Å². The van der Waals surface area contributed by atoms with Crippen LogP contribution in [0, 0.1) is 5.82 Å². The van der Waals surface area contributed by atoms with Crippen molar-refractivity contribution in [3.63, 3.8) is 0 Å². The first-order chi connectivity index (χ1) is 8.67. The lowest BCUT2D eigenvalue weighted by molar-refractivity contribution is 0.299. The van der Waals surface area contributed by atoms with Crippen LogP contribution in [0.3, 0.4) is 0 Å². The van der Waals surface area contributed by atoms with Crippen molar-refractivity contribution < 1.29 is 9.13 Å². The zero-order chi connectivity index (χ0) is 13.0. The molecule has 0 fully saturated rings.